The minimum atomic E-state index is -0.309. The lowest BCUT2D eigenvalue weighted by atomic mass is 9.95. The number of aryl methyl sites for hydroxylation is 1. The number of carbonyl (C=O) groups is 2. The van der Waals surface area contributed by atoms with Gasteiger partial charge in [-0.3, -0.25) is 9.59 Å². The van der Waals surface area contributed by atoms with Crippen LogP contribution in [-0.4, -0.2) is 17.9 Å². The van der Waals surface area contributed by atoms with Crippen LogP contribution < -0.4 is 10.6 Å². The van der Waals surface area contributed by atoms with Gasteiger partial charge < -0.3 is 15.1 Å². The van der Waals surface area contributed by atoms with Gasteiger partial charge in [-0.15, -0.1) is 0 Å². The van der Waals surface area contributed by atoms with Crippen molar-refractivity contribution in [2.75, 3.05) is 0 Å². The molecule has 2 saturated carbocycles. The van der Waals surface area contributed by atoms with Crippen LogP contribution in [0.4, 0.5) is 0 Å². The van der Waals surface area contributed by atoms with Crippen LogP contribution in [0.5, 0.6) is 0 Å². The SMILES string of the molecule is Cc1ccc(C(=O)N/C(=C\c2ccco2)C(=O)N[C@@H]2C[C@H]3CC[C@H]2C3)cc1. The first-order chi connectivity index (χ1) is 13.1. The number of furan rings is 1. The number of nitrogens with one attached hydrogen (secondary N) is 2. The van der Waals surface area contributed by atoms with Gasteiger partial charge in [-0.05, 0) is 62.3 Å². The predicted octanol–water partition coefficient (Wildman–Crippen LogP) is 3.66. The first-order valence-corrected chi connectivity index (χ1v) is 9.52. The highest BCUT2D eigenvalue weighted by atomic mass is 16.3. The summed E-state index contributed by atoms with van der Waals surface area (Å²) in [6.45, 7) is 1.96. The first-order valence-electron chi connectivity index (χ1n) is 9.52. The van der Waals surface area contributed by atoms with Crippen molar-refractivity contribution in [1.29, 1.82) is 0 Å². The number of hydrogen-bond acceptors (Lipinski definition) is 3. The van der Waals surface area contributed by atoms with Crippen molar-refractivity contribution < 1.29 is 14.0 Å². The first kappa shape index (κ1) is 17.6. The molecule has 2 bridgehead atoms. The van der Waals surface area contributed by atoms with Crippen LogP contribution in [0.1, 0.15) is 47.4 Å². The van der Waals surface area contributed by atoms with Crippen LogP contribution in [0, 0.1) is 18.8 Å². The second kappa shape index (κ2) is 7.43. The maximum Gasteiger partial charge on any atom is 0.268 e. The van der Waals surface area contributed by atoms with Crippen molar-refractivity contribution in [3.05, 3.63) is 65.2 Å². The van der Waals surface area contributed by atoms with Crippen molar-refractivity contribution in [2.45, 2.75) is 38.6 Å². The molecule has 4 rings (SSSR count). The standard InChI is InChI=1S/C22H24N2O3/c1-14-4-7-16(8-5-14)21(25)24-20(13-18-3-2-10-27-18)22(26)23-19-12-15-6-9-17(19)11-15/h2-5,7-8,10,13,15,17,19H,6,9,11-12H2,1H3,(H,23,26)(H,24,25)/b20-13-/t15-,17-,19+/m0/s1. The van der Waals surface area contributed by atoms with E-state index in [1.54, 1.807) is 36.6 Å². The summed E-state index contributed by atoms with van der Waals surface area (Å²) < 4.78 is 5.33. The molecule has 2 aromatic rings. The molecule has 27 heavy (non-hydrogen) atoms. The summed E-state index contributed by atoms with van der Waals surface area (Å²) in [6.07, 6.45) is 7.82. The van der Waals surface area contributed by atoms with Crippen molar-refractivity contribution in [3.8, 4) is 0 Å². The van der Waals surface area contributed by atoms with E-state index in [2.05, 4.69) is 10.6 Å². The van der Waals surface area contributed by atoms with E-state index in [-0.39, 0.29) is 23.6 Å². The highest BCUT2D eigenvalue weighted by Crippen LogP contribution is 2.44. The van der Waals surface area contributed by atoms with Gasteiger partial charge in [-0.2, -0.15) is 0 Å². The molecule has 1 aromatic heterocycles. The number of carbonyl (C=O) groups excluding carboxylic acids is 2. The van der Waals surface area contributed by atoms with Crippen LogP contribution in [0.15, 0.2) is 52.8 Å². The predicted molar refractivity (Wildman–Crippen MR) is 103 cm³/mol. The van der Waals surface area contributed by atoms with Crippen molar-refractivity contribution in [3.63, 3.8) is 0 Å². The Bertz CT molecular complexity index is 852. The monoisotopic (exact) mass is 364 g/mol. The molecule has 2 fully saturated rings. The molecular formula is C22H24N2O3. The average molecular weight is 364 g/mol. The van der Waals surface area contributed by atoms with E-state index in [4.69, 9.17) is 4.42 Å². The van der Waals surface area contributed by atoms with Crippen molar-refractivity contribution >= 4 is 17.9 Å². The molecule has 2 amide bonds. The van der Waals surface area contributed by atoms with Gasteiger partial charge in [0.15, 0.2) is 0 Å². The van der Waals surface area contributed by atoms with Crippen molar-refractivity contribution in [1.82, 2.24) is 10.6 Å². The summed E-state index contributed by atoms with van der Waals surface area (Å²) in [5.74, 6) is 1.26. The smallest absolute Gasteiger partial charge is 0.268 e. The third-order valence-corrected chi connectivity index (χ3v) is 5.69. The Hall–Kier alpha value is -2.82. The lowest BCUT2D eigenvalue weighted by Crippen LogP contribution is -2.42. The molecule has 5 heteroatoms. The van der Waals surface area contributed by atoms with Gasteiger partial charge in [0.05, 0.1) is 6.26 Å². The number of rotatable bonds is 5. The van der Waals surface area contributed by atoms with Crippen LogP contribution in [0.2, 0.25) is 0 Å². The molecule has 0 spiro atoms. The molecule has 0 saturated heterocycles. The lowest BCUT2D eigenvalue weighted by molar-refractivity contribution is -0.118. The molecule has 2 aliphatic rings. The summed E-state index contributed by atoms with van der Waals surface area (Å²) >= 11 is 0. The minimum absolute atomic E-state index is 0.201. The molecule has 1 heterocycles. The molecule has 2 N–H and O–H groups in total. The lowest BCUT2D eigenvalue weighted by Gasteiger charge is -2.23. The zero-order valence-electron chi connectivity index (χ0n) is 15.4. The second-order valence-corrected chi connectivity index (χ2v) is 7.65. The van der Waals surface area contributed by atoms with Gasteiger partial charge in [0.2, 0.25) is 0 Å². The van der Waals surface area contributed by atoms with Crippen LogP contribution in [0.3, 0.4) is 0 Å². The maximum absolute atomic E-state index is 12.9. The van der Waals surface area contributed by atoms with E-state index in [1.807, 2.05) is 19.1 Å². The van der Waals surface area contributed by atoms with E-state index in [0.717, 1.165) is 17.9 Å². The number of hydrogen-bond donors (Lipinski definition) is 2. The fourth-order valence-electron chi connectivity index (χ4n) is 4.24. The Morgan fingerprint density at radius 1 is 1.11 bits per heavy atom. The fraction of sp³-hybridized carbons (Fsp3) is 0.364. The summed E-state index contributed by atoms with van der Waals surface area (Å²) in [5.41, 5.74) is 1.80. The van der Waals surface area contributed by atoms with E-state index >= 15 is 0 Å². The van der Waals surface area contributed by atoms with E-state index < -0.39 is 0 Å². The molecule has 140 valence electrons. The Labute approximate surface area is 158 Å². The van der Waals surface area contributed by atoms with Gasteiger partial charge in [0.1, 0.15) is 11.5 Å². The Morgan fingerprint density at radius 3 is 2.56 bits per heavy atom. The Balaban J connectivity index is 1.51. The molecular weight excluding hydrogens is 340 g/mol. The van der Waals surface area contributed by atoms with E-state index in [0.29, 0.717) is 17.2 Å². The largest absolute Gasteiger partial charge is 0.465 e. The summed E-state index contributed by atoms with van der Waals surface area (Å²) in [6, 6.07) is 11.0. The molecule has 0 unspecified atom stereocenters. The van der Waals surface area contributed by atoms with Crippen LogP contribution in [-0.2, 0) is 4.79 Å². The molecule has 5 nitrogen and oxygen atoms in total. The van der Waals surface area contributed by atoms with Crippen LogP contribution >= 0.6 is 0 Å². The maximum atomic E-state index is 12.9. The topological polar surface area (TPSA) is 71.3 Å². The zero-order valence-corrected chi connectivity index (χ0v) is 15.4. The average Bonchev–Trinajstić information content (AvgIpc) is 3.40. The van der Waals surface area contributed by atoms with Gasteiger partial charge >= 0.3 is 0 Å². The number of amides is 2. The van der Waals surface area contributed by atoms with Gasteiger partial charge in [-0.25, -0.2) is 0 Å². The zero-order chi connectivity index (χ0) is 18.8. The normalized spacial score (nSPS) is 24.0. The second-order valence-electron chi connectivity index (χ2n) is 7.65. The summed E-state index contributed by atoms with van der Waals surface area (Å²) in [7, 11) is 0. The van der Waals surface area contributed by atoms with E-state index in [1.165, 1.54) is 19.3 Å². The Morgan fingerprint density at radius 2 is 1.93 bits per heavy atom. The summed E-state index contributed by atoms with van der Waals surface area (Å²) in [4.78, 5) is 25.5. The third-order valence-electron chi connectivity index (χ3n) is 5.69. The molecule has 0 aliphatic heterocycles. The summed E-state index contributed by atoms with van der Waals surface area (Å²) in [5, 5.41) is 5.88. The van der Waals surface area contributed by atoms with Gasteiger partial charge in [-0.1, -0.05) is 24.1 Å². The van der Waals surface area contributed by atoms with E-state index in [9.17, 15) is 9.59 Å². The van der Waals surface area contributed by atoms with Crippen molar-refractivity contribution in [2.24, 2.45) is 11.8 Å². The molecule has 1 aromatic carbocycles. The number of fused-ring (bicyclic) bond motifs is 2. The minimum Gasteiger partial charge on any atom is -0.465 e. The molecule has 3 atom stereocenters. The quantitative estimate of drug-likeness (QED) is 0.796. The highest BCUT2D eigenvalue weighted by Gasteiger charge is 2.40. The third kappa shape index (κ3) is 3.97. The van der Waals surface area contributed by atoms with Gasteiger partial charge in [0.25, 0.3) is 11.8 Å². The molecule has 0 radical (unpaired) electrons. The Kier molecular flexibility index (Phi) is 4.84. The van der Waals surface area contributed by atoms with Gasteiger partial charge in [0, 0.05) is 17.7 Å². The molecule has 2 aliphatic carbocycles. The highest BCUT2D eigenvalue weighted by molar-refractivity contribution is 6.05. The fourth-order valence-corrected chi connectivity index (χ4v) is 4.24. The number of benzene rings is 1. The van der Waals surface area contributed by atoms with Crippen LogP contribution in [0.25, 0.3) is 6.08 Å².